The van der Waals surface area contributed by atoms with E-state index in [0.717, 1.165) is 5.56 Å². The van der Waals surface area contributed by atoms with Crippen molar-refractivity contribution in [3.8, 4) is 0 Å². The van der Waals surface area contributed by atoms with Gasteiger partial charge in [0.05, 0.1) is 6.10 Å². The lowest BCUT2D eigenvalue weighted by atomic mass is 9.85. The average Bonchev–Trinajstić information content (AvgIpc) is 2.45. The van der Waals surface area contributed by atoms with Crippen LogP contribution < -0.4 is 0 Å². The second kappa shape index (κ2) is 7.60. The van der Waals surface area contributed by atoms with Gasteiger partial charge in [-0.3, -0.25) is 4.79 Å². The second-order valence-corrected chi connectivity index (χ2v) is 6.44. The van der Waals surface area contributed by atoms with E-state index in [0.29, 0.717) is 0 Å². The molecule has 0 saturated heterocycles. The Morgan fingerprint density at radius 2 is 1.43 bits per heavy atom. The standard InChI is InChI=1S/C18H29NO2/c1-12(2)19(13(3)4)18(21)15(6)14(5)17(20)16-10-8-7-9-11-16/h7-15,17,20H,1-6H3/t14-,15-,17-/m0/s1. The zero-order chi connectivity index (χ0) is 16.2. The summed E-state index contributed by atoms with van der Waals surface area (Å²) in [7, 11) is 0. The molecule has 21 heavy (non-hydrogen) atoms. The average molecular weight is 291 g/mol. The maximum atomic E-state index is 12.7. The summed E-state index contributed by atoms with van der Waals surface area (Å²) < 4.78 is 0. The summed E-state index contributed by atoms with van der Waals surface area (Å²) >= 11 is 0. The number of rotatable bonds is 6. The summed E-state index contributed by atoms with van der Waals surface area (Å²) in [6.45, 7) is 12.0. The Hall–Kier alpha value is -1.35. The van der Waals surface area contributed by atoms with Gasteiger partial charge in [0.25, 0.3) is 0 Å². The van der Waals surface area contributed by atoms with Gasteiger partial charge in [0.1, 0.15) is 0 Å². The van der Waals surface area contributed by atoms with Crippen LogP contribution in [0.2, 0.25) is 0 Å². The Morgan fingerprint density at radius 3 is 1.86 bits per heavy atom. The molecule has 0 heterocycles. The van der Waals surface area contributed by atoms with Crippen molar-refractivity contribution in [1.29, 1.82) is 0 Å². The van der Waals surface area contributed by atoms with Gasteiger partial charge < -0.3 is 10.0 Å². The highest BCUT2D eigenvalue weighted by atomic mass is 16.3. The smallest absolute Gasteiger partial charge is 0.226 e. The summed E-state index contributed by atoms with van der Waals surface area (Å²) in [5.41, 5.74) is 0.866. The molecule has 0 saturated carbocycles. The summed E-state index contributed by atoms with van der Waals surface area (Å²) in [6, 6.07) is 9.89. The summed E-state index contributed by atoms with van der Waals surface area (Å²) in [5.74, 6) is -0.229. The molecule has 118 valence electrons. The van der Waals surface area contributed by atoms with E-state index in [1.165, 1.54) is 0 Å². The number of amides is 1. The first kappa shape index (κ1) is 17.7. The third-order valence-electron chi connectivity index (χ3n) is 4.18. The molecule has 0 radical (unpaired) electrons. The Kier molecular flexibility index (Phi) is 6.41. The number of aliphatic hydroxyl groups is 1. The third kappa shape index (κ3) is 4.31. The van der Waals surface area contributed by atoms with E-state index in [4.69, 9.17) is 0 Å². The number of carbonyl (C=O) groups is 1. The first-order chi connectivity index (χ1) is 9.77. The van der Waals surface area contributed by atoms with Crippen molar-refractivity contribution >= 4 is 5.91 Å². The fourth-order valence-electron chi connectivity index (χ4n) is 2.79. The molecule has 0 spiro atoms. The molecule has 0 bridgehead atoms. The van der Waals surface area contributed by atoms with Crippen LogP contribution in [-0.2, 0) is 4.79 Å². The van der Waals surface area contributed by atoms with Crippen LogP contribution in [0.25, 0.3) is 0 Å². The Balaban J connectivity index is 2.86. The molecule has 0 aliphatic heterocycles. The largest absolute Gasteiger partial charge is 0.388 e. The van der Waals surface area contributed by atoms with E-state index < -0.39 is 6.10 Å². The first-order valence-corrected chi connectivity index (χ1v) is 7.82. The second-order valence-electron chi connectivity index (χ2n) is 6.44. The molecule has 0 aliphatic rings. The Bertz CT molecular complexity index is 434. The van der Waals surface area contributed by atoms with E-state index >= 15 is 0 Å². The van der Waals surface area contributed by atoms with Crippen LogP contribution in [0.1, 0.15) is 53.2 Å². The van der Waals surface area contributed by atoms with E-state index in [1.807, 2.05) is 76.8 Å². The number of hydrogen-bond donors (Lipinski definition) is 1. The van der Waals surface area contributed by atoms with Gasteiger partial charge in [0, 0.05) is 18.0 Å². The lowest BCUT2D eigenvalue weighted by Gasteiger charge is -2.35. The van der Waals surface area contributed by atoms with Crippen molar-refractivity contribution in [2.75, 3.05) is 0 Å². The number of aliphatic hydroxyl groups excluding tert-OH is 1. The number of nitrogens with zero attached hydrogens (tertiary/aromatic N) is 1. The molecule has 0 unspecified atom stereocenters. The summed E-state index contributed by atoms with van der Waals surface area (Å²) in [5, 5.41) is 10.5. The lowest BCUT2D eigenvalue weighted by Crippen LogP contribution is -2.46. The van der Waals surface area contributed by atoms with Crippen molar-refractivity contribution in [2.45, 2.75) is 59.7 Å². The van der Waals surface area contributed by atoms with Crippen LogP contribution >= 0.6 is 0 Å². The van der Waals surface area contributed by atoms with E-state index in [-0.39, 0.29) is 29.8 Å². The highest BCUT2D eigenvalue weighted by molar-refractivity contribution is 5.79. The van der Waals surface area contributed by atoms with Crippen LogP contribution in [0.15, 0.2) is 30.3 Å². The topological polar surface area (TPSA) is 40.5 Å². The molecule has 3 nitrogen and oxygen atoms in total. The summed E-state index contributed by atoms with van der Waals surface area (Å²) in [6.07, 6.45) is -0.619. The quantitative estimate of drug-likeness (QED) is 0.869. The molecule has 1 rings (SSSR count). The highest BCUT2D eigenvalue weighted by Gasteiger charge is 2.32. The van der Waals surface area contributed by atoms with Gasteiger partial charge in [-0.1, -0.05) is 44.2 Å². The van der Waals surface area contributed by atoms with Gasteiger partial charge in [-0.15, -0.1) is 0 Å². The number of hydrogen-bond acceptors (Lipinski definition) is 2. The van der Waals surface area contributed by atoms with Gasteiger partial charge >= 0.3 is 0 Å². The van der Waals surface area contributed by atoms with Crippen LogP contribution in [-0.4, -0.2) is 28.0 Å². The minimum Gasteiger partial charge on any atom is -0.388 e. The lowest BCUT2D eigenvalue weighted by molar-refractivity contribution is -0.141. The summed E-state index contributed by atoms with van der Waals surface area (Å²) in [4.78, 5) is 14.6. The van der Waals surface area contributed by atoms with Crippen LogP contribution in [0.3, 0.4) is 0 Å². The third-order valence-corrected chi connectivity index (χ3v) is 4.18. The predicted molar refractivity (Wildman–Crippen MR) is 86.8 cm³/mol. The number of carbonyl (C=O) groups excluding carboxylic acids is 1. The molecule has 0 aromatic heterocycles. The molecule has 3 atom stereocenters. The minimum atomic E-state index is -0.619. The molecule has 1 aromatic rings. The minimum absolute atomic E-state index is 0.113. The van der Waals surface area contributed by atoms with Gasteiger partial charge in [0.15, 0.2) is 0 Å². The fourth-order valence-corrected chi connectivity index (χ4v) is 2.79. The zero-order valence-electron chi connectivity index (χ0n) is 14.1. The monoisotopic (exact) mass is 291 g/mol. The van der Waals surface area contributed by atoms with Crippen molar-refractivity contribution in [1.82, 2.24) is 4.90 Å². The van der Waals surface area contributed by atoms with Gasteiger partial charge in [-0.05, 0) is 39.2 Å². The Labute approximate surface area is 129 Å². The van der Waals surface area contributed by atoms with E-state index in [9.17, 15) is 9.90 Å². The van der Waals surface area contributed by atoms with E-state index in [2.05, 4.69) is 0 Å². The van der Waals surface area contributed by atoms with Crippen LogP contribution in [0.5, 0.6) is 0 Å². The van der Waals surface area contributed by atoms with Crippen LogP contribution in [0, 0.1) is 11.8 Å². The molecule has 3 heteroatoms. The van der Waals surface area contributed by atoms with E-state index in [1.54, 1.807) is 0 Å². The van der Waals surface area contributed by atoms with Gasteiger partial charge in [0.2, 0.25) is 5.91 Å². The molecule has 1 N–H and O–H groups in total. The molecule has 1 amide bonds. The van der Waals surface area contributed by atoms with Crippen molar-refractivity contribution in [2.24, 2.45) is 11.8 Å². The molecule has 0 aliphatic carbocycles. The maximum Gasteiger partial charge on any atom is 0.226 e. The normalized spacial score (nSPS) is 15.9. The molecule has 0 fully saturated rings. The predicted octanol–water partition coefficient (Wildman–Crippen LogP) is 3.64. The van der Waals surface area contributed by atoms with Gasteiger partial charge in [-0.2, -0.15) is 0 Å². The highest BCUT2D eigenvalue weighted by Crippen LogP contribution is 2.29. The SMILES string of the molecule is CC(C)N(C(=O)[C@@H](C)[C@H](C)[C@H](O)c1ccccc1)C(C)C. The fraction of sp³-hybridized carbons (Fsp3) is 0.611. The van der Waals surface area contributed by atoms with Gasteiger partial charge in [-0.25, -0.2) is 0 Å². The molecular weight excluding hydrogens is 262 g/mol. The maximum absolute atomic E-state index is 12.7. The molecular formula is C18H29NO2. The van der Waals surface area contributed by atoms with Crippen molar-refractivity contribution in [3.63, 3.8) is 0 Å². The zero-order valence-corrected chi connectivity index (χ0v) is 14.1. The Morgan fingerprint density at radius 1 is 0.952 bits per heavy atom. The number of benzene rings is 1. The first-order valence-electron chi connectivity index (χ1n) is 7.82. The van der Waals surface area contributed by atoms with Crippen molar-refractivity contribution in [3.05, 3.63) is 35.9 Å². The van der Waals surface area contributed by atoms with Crippen molar-refractivity contribution < 1.29 is 9.90 Å². The molecule has 1 aromatic carbocycles. The van der Waals surface area contributed by atoms with Crippen LogP contribution in [0.4, 0.5) is 0 Å².